The van der Waals surface area contributed by atoms with Gasteiger partial charge < -0.3 is 0 Å². The van der Waals surface area contributed by atoms with Crippen LogP contribution in [-0.2, 0) is 6.42 Å². The van der Waals surface area contributed by atoms with Gasteiger partial charge in [0.15, 0.2) is 0 Å². The van der Waals surface area contributed by atoms with Gasteiger partial charge in [0, 0.05) is 5.88 Å². The molecule has 0 aliphatic heterocycles. The van der Waals surface area contributed by atoms with Crippen LogP contribution in [0.5, 0.6) is 0 Å². The van der Waals surface area contributed by atoms with E-state index in [2.05, 4.69) is 52.8 Å². The van der Waals surface area contributed by atoms with Crippen molar-refractivity contribution in [2.45, 2.75) is 41.0 Å². The Morgan fingerprint density at radius 1 is 1.12 bits per heavy atom. The van der Waals surface area contributed by atoms with Crippen LogP contribution >= 0.6 is 11.6 Å². The molecule has 0 saturated carbocycles. The lowest BCUT2D eigenvalue weighted by Gasteiger charge is -2.30. The number of benzene rings is 1. The van der Waals surface area contributed by atoms with E-state index < -0.39 is 0 Å². The first-order valence-electron chi connectivity index (χ1n) is 5.97. The third-order valence-corrected chi connectivity index (χ3v) is 3.88. The monoisotopic (exact) mass is 238 g/mol. The summed E-state index contributed by atoms with van der Waals surface area (Å²) in [5.74, 6) is 1.27. The fraction of sp³-hybridized carbons (Fsp3) is 0.600. The molecule has 0 heterocycles. The quantitative estimate of drug-likeness (QED) is 0.667. The Labute approximate surface area is 105 Å². The fourth-order valence-electron chi connectivity index (χ4n) is 2.01. The van der Waals surface area contributed by atoms with Gasteiger partial charge in [-0.25, -0.2) is 0 Å². The van der Waals surface area contributed by atoms with E-state index in [-0.39, 0.29) is 5.41 Å². The standard InChI is InChI=1S/C15H23Cl/c1-11-7-6-8-12(2)14(11)9-13(10-16)15(3,4)5/h6-8,13H,9-10H2,1-5H3. The molecule has 1 unspecified atom stereocenters. The van der Waals surface area contributed by atoms with Crippen LogP contribution in [0.15, 0.2) is 18.2 Å². The molecule has 1 aromatic carbocycles. The molecule has 0 aliphatic rings. The maximum atomic E-state index is 6.11. The summed E-state index contributed by atoms with van der Waals surface area (Å²) in [6.45, 7) is 11.2. The van der Waals surface area contributed by atoms with E-state index in [1.165, 1.54) is 16.7 Å². The Balaban J connectivity index is 2.95. The molecule has 0 radical (unpaired) electrons. The maximum absolute atomic E-state index is 6.11. The smallest absolute Gasteiger partial charge is 0.0259 e. The highest BCUT2D eigenvalue weighted by atomic mass is 35.5. The van der Waals surface area contributed by atoms with Crippen LogP contribution in [0.3, 0.4) is 0 Å². The average Bonchev–Trinajstić information content (AvgIpc) is 2.15. The molecule has 0 amide bonds. The summed E-state index contributed by atoms with van der Waals surface area (Å²) >= 11 is 6.11. The first-order valence-corrected chi connectivity index (χ1v) is 6.50. The summed E-state index contributed by atoms with van der Waals surface area (Å²) in [7, 11) is 0. The third kappa shape index (κ3) is 3.25. The van der Waals surface area contributed by atoms with Crippen LogP contribution in [0.4, 0.5) is 0 Å². The number of rotatable bonds is 3. The van der Waals surface area contributed by atoms with Gasteiger partial charge in [-0.15, -0.1) is 11.6 Å². The number of hydrogen-bond donors (Lipinski definition) is 0. The second kappa shape index (κ2) is 5.23. The van der Waals surface area contributed by atoms with Gasteiger partial charge in [-0.1, -0.05) is 39.0 Å². The highest BCUT2D eigenvalue weighted by Gasteiger charge is 2.24. The molecular formula is C15H23Cl. The number of halogens is 1. The van der Waals surface area contributed by atoms with E-state index in [1.54, 1.807) is 0 Å². The van der Waals surface area contributed by atoms with Crippen LogP contribution < -0.4 is 0 Å². The third-order valence-electron chi connectivity index (χ3n) is 3.51. The number of hydrogen-bond acceptors (Lipinski definition) is 0. The molecule has 0 aliphatic carbocycles. The lowest BCUT2D eigenvalue weighted by molar-refractivity contribution is 0.263. The van der Waals surface area contributed by atoms with E-state index in [0.717, 1.165) is 12.3 Å². The van der Waals surface area contributed by atoms with Gasteiger partial charge in [0.1, 0.15) is 0 Å². The zero-order valence-electron chi connectivity index (χ0n) is 11.1. The van der Waals surface area contributed by atoms with Gasteiger partial charge in [-0.3, -0.25) is 0 Å². The van der Waals surface area contributed by atoms with Gasteiger partial charge in [0.25, 0.3) is 0 Å². The molecule has 0 bridgehead atoms. The zero-order valence-corrected chi connectivity index (χ0v) is 11.9. The van der Waals surface area contributed by atoms with Gasteiger partial charge >= 0.3 is 0 Å². The Morgan fingerprint density at radius 2 is 1.62 bits per heavy atom. The topological polar surface area (TPSA) is 0 Å². The van der Waals surface area contributed by atoms with Crippen LogP contribution in [-0.4, -0.2) is 5.88 Å². The van der Waals surface area contributed by atoms with Crippen molar-refractivity contribution in [1.82, 2.24) is 0 Å². The maximum Gasteiger partial charge on any atom is 0.0259 e. The van der Waals surface area contributed by atoms with Crippen LogP contribution in [0.25, 0.3) is 0 Å². The second-order valence-corrected chi connectivity index (χ2v) is 6.10. The minimum absolute atomic E-state index is 0.274. The highest BCUT2D eigenvalue weighted by Crippen LogP contribution is 2.31. The first-order chi connectivity index (χ1) is 7.36. The molecule has 1 heteroatoms. The Morgan fingerprint density at radius 3 is 2.00 bits per heavy atom. The van der Waals surface area contributed by atoms with Crippen LogP contribution in [0, 0.1) is 25.2 Å². The van der Waals surface area contributed by atoms with Crippen molar-refractivity contribution in [3.05, 3.63) is 34.9 Å². The largest absolute Gasteiger partial charge is 0.126 e. The molecule has 0 nitrogen and oxygen atoms in total. The van der Waals surface area contributed by atoms with Gasteiger partial charge in [-0.2, -0.15) is 0 Å². The van der Waals surface area contributed by atoms with Crippen molar-refractivity contribution >= 4 is 11.6 Å². The van der Waals surface area contributed by atoms with Crippen molar-refractivity contribution < 1.29 is 0 Å². The number of alkyl halides is 1. The molecule has 0 fully saturated rings. The van der Waals surface area contributed by atoms with E-state index in [1.807, 2.05) is 0 Å². The Bertz CT molecular complexity index is 327. The molecule has 1 atom stereocenters. The van der Waals surface area contributed by atoms with Crippen LogP contribution in [0.1, 0.15) is 37.5 Å². The number of aryl methyl sites for hydroxylation is 2. The fourth-order valence-corrected chi connectivity index (χ4v) is 2.58. The van der Waals surface area contributed by atoms with E-state index in [4.69, 9.17) is 11.6 Å². The Hall–Kier alpha value is -0.490. The molecule has 1 rings (SSSR count). The molecular weight excluding hydrogens is 216 g/mol. The lowest BCUT2D eigenvalue weighted by Crippen LogP contribution is -2.24. The molecule has 16 heavy (non-hydrogen) atoms. The molecule has 0 aromatic heterocycles. The zero-order chi connectivity index (χ0) is 12.3. The molecule has 0 spiro atoms. The SMILES string of the molecule is Cc1cccc(C)c1CC(CCl)C(C)(C)C. The first kappa shape index (κ1) is 13.6. The predicted octanol–water partition coefficient (Wildman–Crippen LogP) is 4.75. The average molecular weight is 239 g/mol. The highest BCUT2D eigenvalue weighted by molar-refractivity contribution is 6.18. The Kier molecular flexibility index (Phi) is 4.43. The molecule has 1 aromatic rings. The van der Waals surface area contributed by atoms with Crippen molar-refractivity contribution in [3.8, 4) is 0 Å². The second-order valence-electron chi connectivity index (χ2n) is 5.79. The van der Waals surface area contributed by atoms with Crippen molar-refractivity contribution in [2.24, 2.45) is 11.3 Å². The van der Waals surface area contributed by atoms with Gasteiger partial charge in [0.05, 0.1) is 0 Å². The van der Waals surface area contributed by atoms with Crippen molar-refractivity contribution in [1.29, 1.82) is 0 Å². The predicted molar refractivity (Wildman–Crippen MR) is 73.3 cm³/mol. The van der Waals surface area contributed by atoms with Crippen molar-refractivity contribution in [2.75, 3.05) is 5.88 Å². The summed E-state index contributed by atoms with van der Waals surface area (Å²) in [5.41, 5.74) is 4.53. The summed E-state index contributed by atoms with van der Waals surface area (Å²) in [6.07, 6.45) is 1.09. The van der Waals surface area contributed by atoms with Gasteiger partial charge in [0.2, 0.25) is 0 Å². The minimum Gasteiger partial charge on any atom is -0.126 e. The minimum atomic E-state index is 0.274. The summed E-state index contributed by atoms with van der Waals surface area (Å²) in [4.78, 5) is 0. The van der Waals surface area contributed by atoms with Crippen LogP contribution in [0.2, 0.25) is 0 Å². The van der Waals surface area contributed by atoms with Gasteiger partial charge in [-0.05, 0) is 48.3 Å². The van der Waals surface area contributed by atoms with Crippen molar-refractivity contribution in [3.63, 3.8) is 0 Å². The van der Waals surface area contributed by atoms with E-state index in [0.29, 0.717) is 5.92 Å². The van der Waals surface area contributed by atoms with E-state index >= 15 is 0 Å². The summed E-state index contributed by atoms with van der Waals surface area (Å²) in [6, 6.07) is 6.51. The van der Waals surface area contributed by atoms with E-state index in [9.17, 15) is 0 Å². The normalized spacial score (nSPS) is 13.9. The summed E-state index contributed by atoms with van der Waals surface area (Å²) in [5, 5.41) is 0. The molecule has 0 saturated heterocycles. The molecule has 90 valence electrons. The summed E-state index contributed by atoms with van der Waals surface area (Å²) < 4.78 is 0. The molecule has 0 N–H and O–H groups in total. The lowest BCUT2D eigenvalue weighted by atomic mass is 9.77.